The van der Waals surface area contributed by atoms with Gasteiger partial charge in [-0.25, -0.2) is 9.18 Å². The minimum Gasteiger partial charge on any atom is -0.314 e. The first-order valence-corrected chi connectivity index (χ1v) is 6.70. The van der Waals surface area contributed by atoms with Crippen molar-refractivity contribution in [2.75, 3.05) is 23.5 Å². The summed E-state index contributed by atoms with van der Waals surface area (Å²) in [5.74, 6) is 1.18. The zero-order valence-electron chi connectivity index (χ0n) is 8.37. The predicted octanol–water partition coefficient (Wildman–Crippen LogP) is 3.13. The molecule has 1 heterocycles. The molecule has 2 rings (SSSR count). The summed E-state index contributed by atoms with van der Waals surface area (Å²) in [4.78, 5) is 13.3. The molecule has 1 saturated heterocycles. The number of nitrogens with one attached hydrogen (secondary N) is 1. The summed E-state index contributed by atoms with van der Waals surface area (Å²) in [5, 5.41) is 2.56. The number of rotatable bonds is 1. The van der Waals surface area contributed by atoms with Gasteiger partial charge in [-0.3, -0.25) is 0 Å². The van der Waals surface area contributed by atoms with Gasteiger partial charge in [0, 0.05) is 16.8 Å². The fourth-order valence-corrected chi connectivity index (χ4v) is 2.64. The quantitative estimate of drug-likeness (QED) is 0.864. The van der Waals surface area contributed by atoms with Crippen molar-refractivity contribution in [3.05, 3.63) is 28.5 Å². The van der Waals surface area contributed by atoms with E-state index in [0.29, 0.717) is 16.9 Å². The van der Waals surface area contributed by atoms with E-state index >= 15 is 0 Å². The van der Waals surface area contributed by atoms with E-state index in [2.05, 4.69) is 21.2 Å². The molecule has 1 aromatic rings. The lowest BCUT2D eigenvalue weighted by Crippen LogP contribution is -2.32. The average Bonchev–Trinajstić information content (AvgIpc) is 2.75. The Morgan fingerprint density at radius 1 is 1.56 bits per heavy atom. The molecule has 0 unspecified atom stereocenters. The number of hydrogen-bond acceptors (Lipinski definition) is 2. The van der Waals surface area contributed by atoms with Crippen LogP contribution in [0.3, 0.4) is 0 Å². The molecule has 0 aromatic heterocycles. The number of thioether (sulfide) groups is 1. The van der Waals surface area contributed by atoms with Crippen LogP contribution in [0.15, 0.2) is 22.7 Å². The second kappa shape index (κ2) is 5.05. The Hall–Kier alpha value is -0.750. The van der Waals surface area contributed by atoms with Gasteiger partial charge >= 0.3 is 6.03 Å². The molecule has 0 radical (unpaired) electrons. The summed E-state index contributed by atoms with van der Waals surface area (Å²) in [6.07, 6.45) is 0. The zero-order chi connectivity index (χ0) is 11.5. The molecule has 1 fully saturated rings. The van der Waals surface area contributed by atoms with Gasteiger partial charge < -0.3 is 10.2 Å². The average molecular weight is 305 g/mol. The molecule has 1 aliphatic rings. The summed E-state index contributed by atoms with van der Waals surface area (Å²) in [6.45, 7) is 0.717. The van der Waals surface area contributed by atoms with Crippen LogP contribution in [-0.2, 0) is 0 Å². The number of amides is 2. The second-order valence-electron chi connectivity index (χ2n) is 3.36. The van der Waals surface area contributed by atoms with Crippen molar-refractivity contribution >= 4 is 39.4 Å². The van der Waals surface area contributed by atoms with E-state index < -0.39 is 5.82 Å². The molecule has 6 heteroatoms. The Morgan fingerprint density at radius 3 is 3.00 bits per heavy atom. The van der Waals surface area contributed by atoms with E-state index in [9.17, 15) is 9.18 Å². The van der Waals surface area contributed by atoms with Gasteiger partial charge in [0.05, 0.1) is 11.6 Å². The van der Waals surface area contributed by atoms with Crippen molar-refractivity contribution in [2.45, 2.75) is 0 Å². The molecule has 0 bridgehead atoms. The van der Waals surface area contributed by atoms with Gasteiger partial charge in [0.15, 0.2) is 0 Å². The highest BCUT2D eigenvalue weighted by Gasteiger charge is 2.19. The van der Waals surface area contributed by atoms with Gasteiger partial charge in [0.1, 0.15) is 5.82 Å². The number of hydrogen-bond donors (Lipinski definition) is 1. The van der Waals surface area contributed by atoms with E-state index in [-0.39, 0.29) is 11.7 Å². The number of carbonyl (C=O) groups is 1. The third-order valence-electron chi connectivity index (χ3n) is 2.21. The third-order valence-corrected chi connectivity index (χ3v) is 3.67. The van der Waals surface area contributed by atoms with E-state index in [4.69, 9.17) is 0 Å². The monoisotopic (exact) mass is 304 g/mol. The largest absolute Gasteiger partial charge is 0.322 e. The number of carbonyl (C=O) groups excluding carboxylic acids is 1. The fraction of sp³-hybridized carbons (Fsp3) is 0.300. The van der Waals surface area contributed by atoms with Crippen molar-refractivity contribution in [1.82, 2.24) is 4.90 Å². The van der Waals surface area contributed by atoms with Gasteiger partial charge in [-0.05, 0) is 18.2 Å². The summed E-state index contributed by atoms with van der Waals surface area (Å²) < 4.78 is 14.1. The number of urea groups is 1. The first kappa shape index (κ1) is 11.7. The summed E-state index contributed by atoms with van der Waals surface area (Å²) in [5.41, 5.74) is 0.213. The van der Waals surface area contributed by atoms with Crippen LogP contribution in [0.5, 0.6) is 0 Å². The van der Waals surface area contributed by atoms with Crippen molar-refractivity contribution in [2.24, 2.45) is 0 Å². The van der Waals surface area contributed by atoms with Crippen LogP contribution in [0, 0.1) is 5.82 Å². The molecule has 1 N–H and O–H groups in total. The smallest absolute Gasteiger partial charge is 0.314 e. The van der Waals surface area contributed by atoms with Gasteiger partial charge in [-0.2, -0.15) is 0 Å². The maximum atomic E-state index is 13.4. The van der Waals surface area contributed by atoms with Crippen LogP contribution in [0.25, 0.3) is 0 Å². The second-order valence-corrected chi connectivity index (χ2v) is 5.35. The van der Waals surface area contributed by atoms with E-state index in [1.165, 1.54) is 6.07 Å². The minimum atomic E-state index is -0.436. The van der Waals surface area contributed by atoms with Crippen LogP contribution in [0.4, 0.5) is 14.9 Å². The number of nitrogens with zero attached hydrogens (tertiary/aromatic N) is 1. The van der Waals surface area contributed by atoms with Crippen molar-refractivity contribution in [3.8, 4) is 0 Å². The molecule has 1 aromatic carbocycles. The lowest BCUT2D eigenvalue weighted by Gasteiger charge is -2.15. The van der Waals surface area contributed by atoms with Gasteiger partial charge in [0.25, 0.3) is 0 Å². The normalized spacial score (nSPS) is 15.2. The zero-order valence-corrected chi connectivity index (χ0v) is 10.8. The maximum absolute atomic E-state index is 13.4. The van der Waals surface area contributed by atoms with Crippen molar-refractivity contribution in [1.29, 1.82) is 0 Å². The van der Waals surface area contributed by atoms with Crippen LogP contribution in [0.2, 0.25) is 0 Å². The first-order chi connectivity index (χ1) is 7.66. The van der Waals surface area contributed by atoms with Crippen molar-refractivity contribution in [3.63, 3.8) is 0 Å². The Balaban J connectivity index is 2.05. The predicted molar refractivity (Wildman–Crippen MR) is 67.1 cm³/mol. The molecule has 16 heavy (non-hydrogen) atoms. The number of halogens is 2. The maximum Gasteiger partial charge on any atom is 0.322 e. The highest BCUT2D eigenvalue weighted by atomic mass is 79.9. The van der Waals surface area contributed by atoms with Gasteiger partial charge in [-0.1, -0.05) is 15.9 Å². The Bertz CT molecular complexity index is 410. The Kier molecular flexibility index (Phi) is 3.70. The SMILES string of the molecule is O=C(Nc1ccc(Br)cc1F)N1CCSC1. The molecular formula is C10H10BrFN2OS. The summed E-state index contributed by atoms with van der Waals surface area (Å²) in [6, 6.07) is 4.32. The van der Waals surface area contributed by atoms with Gasteiger partial charge in [-0.15, -0.1) is 11.8 Å². The highest BCUT2D eigenvalue weighted by molar-refractivity contribution is 9.10. The first-order valence-electron chi connectivity index (χ1n) is 4.75. The van der Waals surface area contributed by atoms with E-state index in [0.717, 1.165) is 5.75 Å². The molecule has 2 amide bonds. The topological polar surface area (TPSA) is 32.3 Å². The van der Waals surface area contributed by atoms with E-state index in [1.807, 2.05) is 0 Å². The standard InChI is InChI=1S/C10H10BrFN2OS/c11-7-1-2-9(8(12)5-7)13-10(15)14-3-4-16-6-14/h1-2,5H,3-4,6H2,(H,13,15). The molecule has 0 spiro atoms. The molecule has 0 atom stereocenters. The van der Waals surface area contributed by atoms with E-state index in [1.54, 1.807) is 28.8 Å². The molecule has 0 aliphatic carbocycles. The number of benzene rings is 1. The Morgan fingerprint density at radius 2 is 2.38 bits per heavy atom. The lowest BCUT2D eigenvalue weighted by atomic mass is 10.3. The van der Waals surface area contributed by atoms with Crippen molar-refractivity contribution < 1.29 is 9.18 Å². The Labute approximate surface area is 106 Å². The van der Waals surface area contributed by atoms with Gasteiger partial charge in [0.2, 0.25) is 0 Å². The molecule has 86 valence electrons. The highest BCUT2D eigenvalue weighted by Crippen LogP contribution is 2.21. The molecular weight excluding hydrogens is 295 g/mol. The summed E-state index contributed by atoms with van der Waals surface area (Å²) >= 11 is 4.85. The minimum absolute atomic E-state index is 0.213. The third kappa shape index (κ3) is 2.68. The van der Waals surface area contributed by atoms with Crippen LogP contribution < -0.4 is 5.32 Å². The number of anilines is 1. The van der Waals surface area contributed by atoms with Crippen LogP contribution >= 0.6 is 27.7 Å². The molecule has 3 nitrogen and oxygen atoms in total. The molecule has 0 saturated carbocycles. The molecule has 1 aliphatic heterocycles. The fourth-order valence-electron chi connectivity index (χ4n) is 1.36. The lowest BCUT2D eigenvalue weighted by molar-refractivity contribution is 0.225. The van der Waals surface area contributed by atoms with Crippen LogP contribution in [0.1, 0.15) is 0 Å². The van der Waals surface area contributed by atoms with Crippen LogP contribution in [-0.4, -0.2) is 29.1 Å². The summed E-state index contributed by atoms with van der Waals surface area (Å²) in [7, 11) is 0.